The van der Waals surface area contributed by atoms with Crippen molar-refractivity contribution in [3.05, 3.63) is 128 Å². The minimum Gasteiger partial charge on any atom is -0.338 e. The second-order valence-electron chi connectivity index (χ2n) is 8.71. The van der Waals surface area contributed by atoms with E-state index in [1.807, 2.05) is 53.1 Å². The van der Waals surface area contributed by atoms with Crippen molar-refractivity contribution in [2.24, 2.45) is 0 Å². The molecule has 2 aromatic heterocycles. The average Bonchev–Trinajstić information content (AvgIpc) is 3.55. The third kappa shape index (κ3) is 5.38. The zero-order chi connectivity index (χ0) is 29.1. The van der Waals surface area contributed by atoms with Gasteiger partial charge in [0.1, 0.15) is 21.7 Å². The van der Waals surface area contributed by atoms with Crippen LogP contribution < -0.4 is 0 Å². The van der Waals surface area contributed by atoms with Gasteiger partial charge in [-0.2, -0.15) is 0 Å². The number of nitro benzene ring substituents is 2. The third-order valence-corrected chi connectivity index (χ3v) is 6.80. The van der Waals surface area contributed by atoms with Crippen molar-refractivity contribution in [1.29, 1.82) is 0 Å². The van der Waals surface area contributed by atoms with Crippen molar-refractivity contribution < 1.29 is 9.85 Å². The highest BCUT2D eigenvalue weighted by Gasteiger charge is 2.24. The van der Waals surface area contributed by atoms with Crippen LogP contribution in [0.3, 0.4) is 0 Å². The Morgan fingerprint density at radius 2 is 1.37 bits per heavy atom. The summed E-state index contributed by atoms with van der Waals surface area (Å²) in [4.78, 5) is 33.4. The Bertz CT molecular complexity index is 1920. The number of H-pyrrole nitrogens is 1. The van der Waals surface area contributed by atoms with Crippen LogP contribution in [-0.2, 0) is 6.54 Å². The van der Waals surface area contributed by atoms with E-state index >= 15 is 0 Å². The number of nitro groups is 2. The van der Waals surface area contributed by atoms with Crippen molar-refractivity contribution in [3.63, 3.8) is 0 Å². The monoisotopic (exact) mass is 586 g/mol. The average molecular weight is 587 g/mol. The predicted octanol–water partition coefficient (Wildman–Crippen LogP) is 8.24. The number of nitrogens with zero attached hydrogens (tertiary/aromatic N) is 5. The Hall–Kier alpha value is -5.06. The Balaban J connectivity index is 0.000000166. The first kappa shape index (κ1) is 27.5. The van der Waals surface area contributed by atoms with Crippen molar-refractivity contribution in [3.8, 4) is 22.8 Å². The van der Waals surface area contributed by atoms with Crippen LogP contribution in [0, 0.1) is 20.2 Å². The van der Waals surface area contributed by atoms with Gasteiger partial charge in [-0.05, 0) is 48.5 Å². The Morgan fingerprint density at radius 1 is 0.780 bits per heavy atom. The van der Waals surface area contributed by atoms with Gasteiger partial charge in [0, 0.05) is 6.54 Å². The van der Waals surface area contributed by atoms with Crippen LogP contribution in [-0.4, -0.2) is 29.4 Å². The number of aromatic nitrogens is 4. The van der Waals surface area contributed by atoms with E-state index in [1.54, 1.807) is 30.3 Å². The van der Waals surface area contributed by atoms with E-state index < -0.39 is 9.85 Å². The number of hydrogen-bond donors (Lipinski definition) is 1. The highest BCUT2D eigenvalue weighted by atomic mass is 35.5. The fraction of sp³-hybridized carbons (Fsp3) is 0.0345. The number of fused-ring (bicyclic) bond motifs is 2. The SMILES string of the molecule is C=CCn1c(-c2cccc(Cl)c2[N+](=O)[O-])nc2ccccc21.O=[N+]([O-])c1c(Cl)cccc1-c1nc2ccccc2[nH]1. The zero-order valence-electron chi connectivity index (χ0n) is 21.2. The molecular weight excluding hydrogens is 567 g/mol. The molecule has 0 aliphatic carbocycles. The van der Waals surface area contributed by atoms with Crippen molar-refractivity contribution in [2.45, 2.75) is 6.54 Å². The molecule has 0 aliphatic rings. The zero-order valence-corrected chi connectivity index (χ0v) is 22.7. The summed E-state index contributed by atoms with van der Waals surface area (Å²) in [6.07, 6.45) is 1.73. The van der Waals surface area contributed by atoms with Gasteiger partial charge >= 0.3 is 0 Å². The maximum atomic E-state index is 11.4. The molecule has 0 atom stereocenters. The quantitative estimate of drug-likeness (QED) is 0.119. The summed E-state index contributed by atoms with van der Waals surface area (Å²) in [5, 5.41) is 22.7. The highest BCUT2D eigenvalue weighted by Crippen LogP contribution is 2.37. The lowest BCUT2D eigenvalue weighted by Gasteiger charge is -2.07. The summed E-state index contributed by atoms with van der Waals surface area (Å²) < 4.78 is 1.89. The maximum Gasteiger partial charge on any atom is 0.298 e. The molecule has 41 heavy (non-hydrogen) atoms. The second-order valence-corrected chi connectivity index (χ2v) is 9.53. The van der Waals surface area contributed by atoms with Crippen molar-refractivity contribution in [2.75, 3.05) is 0 Å². The van der Waals surface area contributed by atoms with Crippen LogP contribution in [0.4, 0.5) is 11.4 Å². The molecule has 0 spiro atoms. The molecule has 0 bridgehead atoms. The summed E-state index contributed by atoms with van der Waals surface area (Å²) in [5.41, 5.74) is 3.76. The number of benzene rings is 4. The van der Waals surface area contributed by atoms with E-state index in [-0.39, 0.29) is 21.4 Å². The fourth-order valence-corrected chi connectivity index (χ4v) is 4.94. The first-order chi connectivity index (χ1) is 19.8. The van der Waals surface area contributed by atoms with E-state index in [0.29, 0.717) is 29.3 Å². The molecule has 12 heteroatoms. The van der Waals surface area contributed by atoms with Gasteiger partial charge in [-0.25, -0.2) is 9.97 Å². The molecule has 6 aromatic rings. The van der Waals surface area contributed by atoms with E-state index in [2.05, 4.69) is 21.5 Å². The lowest BCUT2D eigenvalue weighted by Crippen LogP contribution is -2.01. The largest absolute Gasteiger partial charge is 0.338 e. The highest BCUT2D eigenvalue weighted by molar-refractivity contribution is 6.33. The van der Waals surface area contributed by atoms with E-state index in [4.69, 9.17) is 23.2 Å². The lowest BCUT2D eigenvalue weighted by molar-refractivity contribution is -0.384. The third-order valence-electron chi connectivity index (χ3n) is 6.19. The van der Waals surface area contributed by atoms with Crippen molar-refractivity contribution in [1.82, 2.24) is 19.5 Å². The molecule has 0 amide bonds. The van der Waals surface area contributed by atoms with Gasteiger partial charge in [0.15, 0.2) is 0 Å². The minimum absolute atomic E-state index is 0.0970. The van der Waals surface area contributed by atoms with E-state index in [1.165, 1.54) is 12.1 Å². The Kier molecular flexibility index (Phi) is 7.77. The summed E-state index contributed by atoms with van der Waals surface area (Å²) >= 11 is 11.9. The molecule has 1 N–H and O–H groups in total. The summed E-state index contributed by atoms with van der Waals surface area (Å²) in [6.45, 7) is 4.24. The molecule has 0 unspecified atom stereocenters. The minimum atomic E-state index is -0.495. The van der Waals surface area contributed by atoms with Gasteiger partial charge in [-0.3, -0.25) is 20.2 Å². The number of nitrogens with one attached hydrogen (secondary N) is 1. The fourth-order valence-electron chi connectivity index (χ4n) is 4.45. The number of hydrogen-bond acceptors (Lipinski definition) is 6. The Labute approximate surface area is 242 Å². The lowest BCUT2D eigenvalue weighted by atomic mass is 10.1. The number of para-hydroxylation sites is 6. The van der Waals surface area contributed by atoms with Gasteiger partial charge < -0.3 is 9.55 Å². The summed E-state index contributed by atoms with van der Waals surface area (Å²) in [6, 6.07) is 24.6. The molecule has 6 rings (SSSR count). The van der Waals surface area contributed by atoms with E-state index in [0.717, 1.165) is 22.1 Å². The van der Waals surface area contributed by atoms with Crippen LogP contribution in [0.5, 0.6) is 0 Å². The summed E-state index contributed by atoms with van der Waals surface area (Å²) in [5.74, 6) is 0.950. The van der Waals surface area contributed by atoms with Gasteiger partial charge in [0.2, 0.25) is 0 Å². The molecule has 0 fully saturated rings. The van der Waals surface area contributed by atoms with Crippen LogP contribution in [0.1, 0.15) is 0 Å². The van der Waals surface area contributed by atoms with Gasteiger partial charge in [0.05, 0.1) is 43.0 Å². The van der Waals surface area contributed by atoms with Crippen LogP contribution in [0.2, 0.25) is 10.0 Å². The molecular formula is C29H20Cl2N6O4. The number of halogens is 2. The molecule has 2 heterocycles. The van der Waals surface area contributed by atoms with E-state index in [9.17, 15) is 20.2 Å². The standard InChI is InChI=1S/C16H12ClN3O2.C13H8ClN3O2/c1-2-10-19-14-9-4-3-8-13(14)18-16(19)11-6-5-7-12(17)15(11)20(21)22;14-9-5-3-4-8(12(9)17(18)19)13-15-10-6-1-2-7-11(10)16-13/h2-9H,1,10H2;1-7H,(H,15,16). The maximum absolute atomic E-state index is 11.4. The second kappa shape index (κ2) is 11.6. The number of aromatic amines is 1. The topological polar surface area (TPSA) is 133 Å². The molecule has 4 aromatic carbocycles. The smallest absolute Gasteiger partial charge is 0.298 e. The Morgan fingerprint density at radius 3 is 2.00 bits per heavy atom. The number of allylic oxidation sites excluding steroid dienone is 1. The van der Waals surface area contributed by atoms with Crippen LogP contribution in [0.25, 0.3) is 44.8 Å². The van der Waals surface area contributed by atoms with Crippen molar-refractivity contribution >= 4 is 56.6 Å². The first-order valence-electron chi connectivity index (χ1n) is 12.2. The molecule has 0 saturated heterocycles. The molecule has 10 nitrogen and oxygen atoms in total. The summed E-state index contributed by atoms with van der Waals surface area (Å²) in [7, 11) is 0. The molecule has 0 saturated carbocycles. The van der Waals surface area contributed by atoms with Gasteiger partial charge in [-0.1, -0.05) is 65.7 Å². The molecule has 0 aliphatic heterocycles. The molecule has 0 radical (unpaired) electrons. The predicted molar refractivity (Wildman–Crippen MR) is 160 cm³/mol. The van der Waals surface area contributed by atoms with Gasteiger partial charge in [0.25, 0.3) is 11.4 Å². The van der Waals surface area contributed by atoms with Crippen LogP contribution >= 0.6 is 23.2 Å². The van der Waals surface area contributed by atoms with Crippen LogP contribution in [0.15, 0.2) is 97.6 Å². The molecule has 204 valence electrons. The number of imidazole rings is 2. The normalized spacial score (nSPS) is 10.8. The van der Waals surface area contributed by atoms with Gasteiger partial charge in [-0.15, -0.1) is 6.58 Å². The number of rotatable bonds is 6. The first-order valence-corrected chi connectivity index (χ1v) is 12.9.